The van der Waals surface area contributed by atoms with E-state index >= 15 is 0 Å². The van der Waals surface area contributed by atoms with Crippen LogP contribution in [0, 0.1) is 0 Å². The molecule has 0 heterocycles. The van der Waals surface area contributed by atoms with Gasteiger partial charge in [-0.2, -0.15) is 0 Å². The molecule has 98 valence electrons. The topological polar surface area (TPSA) is 20.2 Å². The fourth-order valence-electron chi connectivity index (χ4n) is 2.23. The Labute approximate surface area is 120 Å². The molecule has 0 fully saturated rings. The molecule has 0 bridgehead atoms. The van der Waals surface area contributed by atoms with Crippen LogP contribution in [0.1, 0.15) is 0 Å². The molecule has 0 aliphatic carbocycles. The minimum atomic E-state index is -1.32. The van der Waals surface area contributed by atoms with Crippen molar-refractivity contribution in [2.45, 2.75) is 0 Å². The van der Waals surface area contributed by atoms with Gasteiger partial charge in [0, 0.05) is 10.6 Å². The summed E-state index contributed by atoms with van der Waals surface area (Å²) in [5.41, 5.74) is 2.24. The molecular weight excluding hydrogens is 263 g/mol. The van der Waals surface area contributed by atoms with Crippen molar-refractivity contribution in [3.8, 4) is 11.1 Å². The molecule has 0 saturated heterocycles. The Bertz CT molecular complexity index is 680. The maximum absolute atomic E-state index is 10.7. The van der Waals surface area contributed by atoms with Gasteiger partial charge in [0.15, 0.2) is 0 Å². The van der Waals surface area contributed by atoms with E-state index in [-0.39, 0.29) is 0 Å². The van der Waals surface area contributed by atoms with E-state index < -0.39 is 8.15 Å². The van der Waals surface area contributed by atoms with E-state index in [0.717, 1.165) is 21.7 Å². The Balaban J connectivity index is 2.07. The molecule has 0 radical (unpaired) electrons. The van der Waals surface area contributed by atoms with Gasteiger partial charge in [-0.3, -0.25) is 0 Å². The molecular formula is C18H15OP. The van der Waals surface area contributed by atoms with E-state index in [1.54, 1.807) is 0 Å². The van der Waals surface area contributed by atoms with Crippen molar-refractivity contribution in [3.05, 3.63) is 84.9 Å². The summed E-state index contributed by atoms with van der Waals surface area (Å²) in [7, 11) is -1.32. The Morgan fingerprint density at radius 3 is 1.85 bits per heavy atom. The van der Waals surface area contributed by atoms with Crippen molar-refractivity contribution in [2.75, 3.05) is 0 Å². The van der Waals surface area contributed by atoms with E-state index in [9.17, 15) is 4.89 Å². The van der Waals surface area contributed by atoms with Gasteiger partial charge in [-0.05, 0) is 11.1 Å². The third-order valence-corrected chi connectivity index (χ3v) is 4.85. The first-order chi connectivity index (χ1) is 9.86. The van der Waals surface area contributed by atoms with Crippen molar-refractivity contribution in [3.63, 3.8) is 0 Å². The van der Waals surface area contributed by atoms with Crippen LogP contribution in [0.25, 0.3) is 11.1 Å². The molecule has 0 saturated carbocycles. The van der Waals surface area contributed by atoms with Crippen LogP contribution < -0.4 is 10.6 Å². The first-order valence-corrected chi connectivity index (χ1v) is 7.84. The Hall–Kier alpha value is -1.95. The lowest BCUT2D eigenvalue weighted by Crippen LogP contribution is -2.13. The summed E-state index contributed by atoms with van der Waals surface area (Å²) >= 11 is 0. The van der Waals surface area contributed by atoms with Gasteiger partial charge in [-0.25, -0.2) is 0 Å². The average molecular weight is 278 g/mol. The highest BCUT2D eigenvalue weighted by molar-refractivity contribution is 7.67. The normalized spacial score (nSPS) is 12.1. The maximum atomic E-state index is 10.7. The molecule has 0 aliphatic rings. The lowest BCUT2D eigenvalue weighted by atomic mass is 10.1. The molecule has 0 spiro atoms. The highest BCUT2D eigenvalue weighted by Gasteiger charge is 2.15. The largest absolute Gasteiger partial charge is 0.364 e. The minimum Gasteiger partial charge on any atom is -0.364 e. The molecule has 0 aromatic heterocycles. The first-order valence-electron chi connectivity index (χ1n) is 6.55. The quantitative estimate of drug-likeness (QED) is 0.724. The van der Waals surface area contributed by atoms with Gasteiger partial charge < -0.3 is 4.89 Å². The molecule has 0 amide bonds. The Morgan fingerprint density at radius 2 is 1.15 bits per heavy atom. The lowest BCUT2D eigenvalue weighted by molar-refractivity contribution is 0.645. The number of benzene rings is 3. The number of hydrogen-bond acceptors (Lipinski definition) is 1. The van der Waals surface area contributed by atoms with Gasteiger partial charge in [-0.15, -0.1) is 0 Å². The zero-order chi connectivity index (χ0) is 13.8. The highest BCUT2D eigenvalue weighted by Crippen LogP contribution is 2.33. The predicted octanol–water partition coefficient (Wildman–Crippen LogP) is 3.69. The monoisotopic (exact) mass is 278 g/mol. The van der Waals surface area contributed by atoms with Crippen LogP contribution in [0.2, 0.25) is 0 Å². The fourth-order valence-corrected chi connectivity index (χ4v) is 3.62. The van der Waals surface area contributed by atoms with E-state index in [0.29, 0.717) is 0 Å². The first kappa shape index (κ1) is 13.1. The minimum absolute atomic E-state index is 0.978. The van der Waals surface area contributed by atoms with Gasteiger partial charge in [-0.1, -0.05) is 84.9 Å². The lowest BCUT2D eigenvalue weighted by Gasteiger charge is -2.15. The van der Waals surface area contributed by atoms with Crippen LogP contribution in [0.5, 0.6) is 0 Å². The zero-order valence-corrected chi connectivity index (χ0v) is 11.9. The molecule has 0 aliphatic heterocycles. The van der Waals surface area contributed by atoms with Crippen molar-refractivity contribution in [2.24, 2.45) is 0 Å². The smallest absolute Gasteiger partial charge is 0.0883 e. The van der Waals surface area contributed by atoms with E-state index in [4.69, 9.17) is 0 Å². The Kier molecular flexibility index (Phi) is 3.92. The molecule has 1 atom stereocenters. The third-order valence-electron chi connectivity index (χ3n) is 3.22. The van der Waals surface area contributed by atoms with E-state index in [1.165, 1.54) is 0 Å². The second-order valence-corrected chi connectivity index (χ2v) is 6.15. The second kappa shape index (κ2) is 6.00. The molecule has 20 heavy (non-hydrogen) atoms. The van der Waals surface area contributed by atoms with Gasteiger partial charge in [0.2, 0.25) is 0 Å². The predicted molar refractivity (Wildman–Crippen MR) is 86.7 cm³/mol. The second-order valence-electron chi connectivity index (χ2n) is 4.53. The number of hydrogen-bond donors (Lipinski definition) is 1. The SMILES string of the molecule is OP(c1ccccc1)c1ccccc1-c1ccccc1. The standard InChI is InChI=1S/C18H15OP/c19-20(16-11-5-2-6-12-16)18-14-8-7-13-17(18)15-9-3-1-4-10-15/h1-14,19H. The summed E-state index contributed by atoms with van der Waals surface area (Å²) in [6.45, 7) is 0. The van der Waals surface area contributed by atoms with Crippen LogP contribution in [0.4, 0.5) is 0 Å². The van der Waals surface area contributed by atoms with Gasteiger partial charge in [0.1, 0.15) is 0 Å². The third kappa shape index (κ3) is 2.65. The zero-order valence-electron chi connectivity index (χ0n) is 11.0. The van der Waals surface area contributed by atoms with Crippen LogP contribution >= 0.6 is 8.15 Å². The molecule has 3 aromatic carbocycles. The summed E-state index contributed by atoms with van der Waals surface area (Å²) in [6, 6.07) is 28.1. The number of rotatable bonds is 3. The van der Waals surface area contributed by atoms with E-state index in [2.05, 4.69) is 18.2 Å². The van der Waals surface area contributed by atoms with Gasteiger partial charge in [0.05, 0.1) is 8.15 Å². The molecule has 1 N–H and O–H groups in total. The van der Waals surface area contributed by atoms with Gasteiger partial charge >= 0.3 is 0 Å². The average Bonchev–Trinajstić information content (AvgIpc) is 2.56. The molecule has 1 nitrogen and oxygen atoms in total. The summed E-state index contributed by atoms with van der Waals surface area (Å²) in [5.74, 6) is 0. The Morgan fingerprint density at radius 1 is 0.600 bits per heavy atom. The molecule has 2 heteroatoms. The van der Waals surface area contributed by atoms with Crippen LogP contribution in [0.3, 0.4) is 0 Å². The fraction of sp³-hybridized carbons (Fsp3) is 0. The molecule has 3 rings (SSSR count). The van der Waals surface area contributed by atoms with E-state index in [1.807, 2.05) is 66.7 Å². The van der Waals surface area contributed by atoms with Crippen molar-refractivity contribution in [1.29, 1.82) is 0 Å². The van der Waals surface area contributed by atoms with Crippen molar-refractivity contribution in [1.82, 2.24) is 0 Å². The highest BCUT2D eigenvalue weighted by atomic mass is 31.1. The van der Waals surface area contributed by atoms with Crippen LogP contribution in [-0.4, -0.2) is 4.89 Å². The molecule has 3 aromatic rings. The summed E-state index contributed by atoms with van der Waals surface area (Å²) in [4.78, 5) is 10.7. The summed E-state index contributed by atoms with van der Waals surface area (Å²) < 4.78 is 0. The maximum Gasteiger partial charge on any atom is 0.0883 e. The van der Waals surface area contributed by atoms with Crippen molar-refractivity contribution < 1.29 is 4.89 Å². The van der Waals surface area contributed by atoms with Crippen LogP contribution in [0.15, 0.2) is 84.9 Å². The van der Waals surface area contributed by atoms with Gasteiger partial charge in [0.25, 0.3) is 0 Å². The van der Waals surface area contributed by atoms with Crippen molar-refractivity contribution >= 4 is 18.8 Å². The summed E-state index contributed by atoms with van der Waals surface area (Å²) in [6.07, 6.45) is 0. The molecule has 1 unspecified atom stereocenters. The summed E-state index contributed by atoms with van der Waals surface area (Å²) in [5, 5.41) is 1.98. The van der Waals surface area contributed by atoms with Crippen LogP contribution in [-0.2, 0) is 0 Å².